The van der Waals surface area contributed by atoms with Gasteiger partial charge >= 0.3 is 6.09 Å². The van der Waals surface area contributed by atoms with Gasteiger partial charge in [0.2, 0.25) is 0 Å². The fourth-order valence-electron chi connectivity index (χ4n) is 3.33. The van der Waals surface area contributed by atoms with E-state index in [0.29, 0.717) is 13.2 Å². The van der Waals surface area contributed by atoms with Crippen LogP contribution in [-0.2, 0) is 16.1 Å². The topological polar surface area (TPSA) is 38.8 Å². The van der Waals surface area contributed by atoms with Gasteiger partial charge in [0.1, 0.15) is 5.60 Å². The molecule has 0 spiro atoms. The number of fused-ring (bicyclic) bond motifs is 1. The summed E-state index contributed by atoms with van der Waals surface area (Å²) in [6.07, 6.45) is 1.70. The van der Waals surface area contributed by atoms with Crippen LogP contribution in [0, 0.1) is 0 Å². The van der Waals surface area contributed by atoms with Crippen LogP contribution in [0.2, 0.25) is 0 Å². The maximum atomic E-state index is 12.4. The number of benzene rings is 2. The summed E-state index contributed by atoms with van der Waals surface area (Å²) in [4.78, 5) is 14.2. The third-order valence-corrected chi connectivity index (χ3v) is 4.77. The molecule has 1 aliphatic heterocycles. The van der Waals surface area contributed by atoms with Crippen LogP contribution >= 0.6 is 0 Å². The number of piperidine rings is 1. The summed E-state index contributed by atoms with van der Waals surface area (Å²) in [5.74, 6) is 0. The average Bonchev–Trinajstić information content (AvgIpc) is 2.59. The molecule has 26 heavy (non-hydrogen) atoms. The molecule has 4 heteroatoms. The maximum Gasteiger partial charge on any atom is 0.410 e. The van der Waals surface area contributed by atoms with Gasteiger partial charge in [0.15, 0.2) is 0 Å². The second kappa shape index (κ2) is 7.67. The Labute approximate surface area is 156 Å². The summed E-state index contributed by atoms with van der Waals surface area (Å²) in [5, 5.41) is 2.46. The van der Waals surface area contributed by atoms with Crippen LogP contribution in [0.5, 0.6) is 0 Å². The molecule has 140 valence electrons. The standard InChI is InChI=1S/C22H29NO3/c1-16-9-12-20(14-23(16)21(24)26-22(2,3)4)25-15-17-10-11-18-7-5-6-8-19(18)13-17/h5-8,10-11,13,16,20H,9,12,14-15H2,1-4H3. The molecule has 0 bridgehead atoms. The van der Waals surface area contributed by atoms with Crippen molar-refractivity contribution in [3.63, 3.8) is 0 Å². The Balaban J connectivity index is 1.59. The number of carbonyl (C=O) groups excluding carboxylic acids is 1. The third-order valence-electron chi connectivity index (χ3n) is 4.77. The molecule has 2 aromatic carbocycles. The highest BCUT2D eigenvalue weighted by molar-refractivity contribution is 5.82. The summed E-state index contributed by atoms with van der Waals surface area (Å²) in [6, 6.07) is 14.9. The molecule has 3 rings (SSSR count). The quantitative estimate of drug-likeness (QED) is 0.765. The Hall–Kier alpha value is -2.07. The second-order valence-electron chi connectivity index (χ2n) is 8.17. The first-order chi connectivity index (χ1) is 12.3. The number of likely N-dealkylation sites (tertiary alicyclic amines) is 1. The van der Waals surface area contributed by atoms with Gasteiger partial charge in [-0.2, -0.15) is 0 Å². The van der Waals surface area contributed by atoms with Crippen molar-refractivity contribution in [1.29, 1.82) is 0 Å². The second-order valence-corrected chi connectivity index (χ2v) is 8.17. The Bertz CT molecular complexity index is 765. The monoisotopic (exact) mass is 355 g/mol. The van der Waals surface area contributed by atoms with Gasteiger partial charge in [0, 0.05) is 6.04 Å². The van der Waals surface area contributed by atoms with Gasteiger partial charge in [-0.05, 0) is 62.9 Å². The molecule has 0 saturated carbocycles. The van der Waals surface area contributed by atoms with Crippen LogP contribution in [0.15, 0.2) is 42.5 Å². The smallest absolute Gasteiger partial charge is 0.410 e. The molecule has 0 N–H and O–H groups in total. The zero-order valence-electron chi connectivity index (χ0n) is 16.2. The van der Waals surface area contributed by atoms with Crippen molar-refractivity contribution in [2.24, 2.45) is 0 Å². The van der Waals surface area contributed by atoms with Gasteiger partial charge in [0.05, 0.1) is 19.3 Å². The Morgan fingerprint density at radius 1 is 1.12 bits per heavy atom. The average molecular weight is 355 g/mol. The van der Waals surface area contributed by atoms with Crippen molar-refractivity contribution < 1.29 is 14.3 Å². The number of nitrogens with zero attached hydrogens (tertiary/aromatic N) is 1. The largest absolute Gasteiger partial charge is 0.444 e. The number of carbonyl (C=O) groups is 1. The van der Waals surface area contributed by atoms with Crippen molar-refractivity contribution in [1.82, 2.24) is 4.90 Å². The molecular formula is C22H29NO3. The fourth-order valence-corrected chi connectivity index (χ4v) is 3.33. The normalized spacial score (nSPS) is 21.0. The van der Waals surface area contributed by atoms with E-state index in [9.17, 15) is 4.79 Å². The van der Waals surface area contributed by atoms with Gasteiger partial charge in [-0.25, -0.2) is 4.79 Å². The maximum absolute atomic E-state index is 12.4. The molecule has 2 aromatic rings. The lowest BCUT2D eigenvalue weighted by Gasteiger charge is -2.38. The number of amides is 1. The molecule has 1 amide bonds. The molecule has 2 atom stereocenters. The van der Waals surface area contributed by atoms with Gasteiger partial charge in [-0.1, -0.05) is 36.4 Å². The molecule has 1 fully saturated rings. The third kappa shape index (κ3) is 4.76. The number of rotatable bonds is 3. The van der Waals surface area contributed by atoms with Gasteiger partial charge in [-0.3, -0.25) is 0 Å². The molecule has 0 radical (unpaired) electrons. The highest BCUT2D eigenvalue weighted by Gasteiger charge is 2.32. The van der Waals surface area contributed by atoms with Gasteiger partial charge < -0.3 is 14.4 Å². The Kier molecular flexibility index (Phi) is 5.52. The highest BCUT2D eigenvalue weighted by Crippen LogP contribution is 2.23. The van der Waals surface area contributed by atoms with Crippen molar-refractivity contribution in [2.45, 2.75) is 64.9 Å². The first-order valence-corrected chi connectivity index (χ1v) is 9.41. The molecule has 1 aliphatic rings. The van der Waals surface area contributed by atoms with Crippen LogP contribution in [0.4, 0.5) is 4.79 Å². The molecule has 4 nitrogen and oxygen atoms in total. The predicted molar refractivity (Wildman–Crippen MR) is 104 cm³/mol. The summed E-state index contributed by atoms with van der Waals surface area (Å²) < 4.78 is 11.7. The first kappa shape index (κ1) is 18.7. The predicted octanol–water partition coefficient (Wildman–Crippen LogP) is 5.14. The minimum Gasteiger partial charge on any atom is -0.444 e. The van der Waals surface area contributed by atoms with Gasteiger partial charge in [-0.15, -0.1) is 0 Å². The summed E-state index contributed by atoms with van der Waals surface area (Å²) in [6.45, 7) is 8.91. The minimum absolute atomic E-state index is 0.0465. The van der Waals surface area contributed by atoms with E-state index in [4.69, 9.17) is 9.47 Å². The van der Waals surface area contributed by atoms with E-state index in [0.717, 1.165) is 18.4 Å². The van der Waals surface area contributed by atoms with E-state index in [-0.39, 0.29) is 18.2 Å². The minimum atomic E-state index is -0.476. The number of hydrogen-bond donors (Lipinski definition) is 0. The summed E-state index contributed by atoms with van der Waals surface area (Å²) in [7, 11) is 0. The molecule has 0 aliphatic carbocycles. The lowest BCUT2D eigenvalue weighted by atomic mass is 10.0. The molecule has 1 heterocycles. The SMILES string of the molecule is CC1CCC(OCc2ccc3ccccc3c2)CN1C(=O)OC(C)(C)C. The van der Waals surface area contributed by atoms with Crippen LogP contribution in [0.1, 0.15) is 46.1 Å². The van der Waals surface area contributed by atoms with Gasteiger partial charge in [0.25, 0.3) is 0 Å². The van der Waals surface area contributed by atoms with Crippen LogP contribution < -0.4 is 0 Å². The lowest BCUT2D eigenvalue weighted by molar-refractivity contribution is -0.0391. The fraction of sp³-hybridized carbons (Fsp3) is 0.500. The lowest BCUT2D eigenvalue weighted by Crippen LogP contribution is -2.49. The van der Waals surface area contributed by atoms with E-state index in [1.807, 2.05) is 32.9 Å². The van der Waals surface area contributed by atoms with E-state index in [1.165, 1.54) is 10.8 Å². The van der Waals surface area contributed by atoms with Crippen molar-refractivity contribution in [2.75, 3.05) is 6.54 Å². The zero-order chi connectivity index (χ0) is 18.7. The molecular weight excluding hydrogens is 326 g/mol. The van der Waals surface area contributed by atoms with E-state index >= 15 is 0 Å². The first-order valence-electron chi connectivity index (χ1n) is 9.41. The molecule has 0 aromatic heterocycles. The van der Waals surface area contributed by atoms with E-state index in [2.05, 4.69) is 37.3 Å². The summed E-state index contributed by atoms with van der Waals surface area (Å²) >= 11 is 0. The molecule has 2 unspecified atom stereocenters. The zero-order valence-corrected chi connectivity index (χ0v) is 16.2. The van der Waals surface area contributed by atoms with Crippen molar-refractivity contribution >= 4 is 16.9 Å². The Morgan fingerprint density at radius 3 is 2.58 bits per heavy atom. The van der Waals surface area contributed by atoms with Crippen molar-refractivity contribution in [3.05, 3.63) is 48.0 Å². The van der Waals surface area contributed by atoms with Crippen molar-refractivity contribution in [3.8, 4) is 0 Å². The van der Waals surface area contributed by atoms with Crippen LogP contribution in [-0.4, -0.2) is 35.3 Å². The molecule has 1 saturated heterocycles. The van der Waals surface area contributed by atoms with E-state index in [1.54, 1.807) is 4.90 Å². The number of ether oxygens (including phenoxy) is 2. The van der Waals surface area contributed by atoms with Crippen LogP contribution in [0.3, 0.4) is 0 Å². The van der Waals surface area contributed by atoms with E-state index < -0.39 is 5.60 Å². The van der Waals surface area contributed by atoms with Crippen LogP contribution in [0.25, 0.3) is 10.8 Å². The highest BCUT2D eigenvalue weighted by atomic mass is 16.6. The number of hydrogen-bond acceptors (Lipinski definition) is 3. The summed E-state index contributed by atoms with van der Waals surface area (Å²) in [5.41, 5.74) is 0.682. The Morgan fingerprint density at radius 2 is 1.85 bits per heavy atom.